The van der Waals surface area contributed by atoms with Gasteiger partial charge in [0.15, 0.2) is 11.2 Å². The number of carboxylic acids is 2. The van der Waals surface area contributed by atoms with Crippen LogP contribution in [0.2, 0.25) is 0 Å². The lowest BCUT2D eigenvalue weighted by Gasteiger charge is -2.43. The molecule has 1 heterocycles. The van der Waals surface area contributed by atoms with Crippen molar-refractivity contribution in [3.05, 3.63) is 0 Å². The van der Waals surface area contributed by atoms with Crippen LogP contribution in [0.3, 0.4) is 0 Å². The first-order valence-electron chi connectivity index (χ1n) is 11.0. The number of carboxylic acid groups (broad SMARTS) is 2. The predicted octanol–water partition coefficient (Wildman–Crippen LogP) is -0.627. The lowest BCUT2D eigenvalue weighted by molar-refractivity contribution is -0.153. The van der Waals surface area contributed by atoms with E-state index in [1.165, 1.54) is 24.0 Å². The van der Waals surface area contributed by atoms with Gasteiger partial charge in [0, 0.05) is 51.5 Å². The van der Waals surface area contributed by atoms with Crippen LogP contribution in [-0.4, -0.2) is 120 Å². The molecule has 1 fully saturated rings. The number of hydrogen-bond acceptors (Lipinski definition) is 8. The number of amides is 2. The molecule has 12 heteroatoms. The van der Waals surface area contributed by atoms with Gasteiger partial charge in [0.1, 0.15) is 0 Å². The Morgan fingerprint density at radius 3 is 1.26 bits per heavy atom. The Bertz CT molecular complexity index is 723. The van der Waals surface area contributed by atoms with Gasteiger partial charge in [0.05, 0.1) is 13.1 Å². The van der Waals surface area contributed by atoms with Crippen LogP contribution in [0.15, 0.2) is 0 Å². The van der Waals surface area contributed by atoms with Crippen molar-refractivity contribution in [2.24, 2.45) is 0 Å². The van der Waals surface area contributed by atoms with Crippen LogP contribution in [0.25, 0.3) is 0 Å². The molecule has 4 N–H and O–H groups in total. The second kappa shape index (κ2) is 11.0. The molecule has 0 spiro atoms. The number of carbonyl (C=O) groups is 4. The van der Waals surface area contributed by atoms with Crippen molar-refractivity contribution >= 4 is 23.8 Å². The zero-order valence-corrected chi connectivity index (χ0v) is 21.5. The molecule has 1 aliphatic heterocycles. The molecule has 0 aromatic rings. The van der Waals surface area contributed by atoms with Gasteiger partial charge in [-0.3, -0.25) is 29.0 Å². The minimum absolute atomic E-state index is 0.0581. The number of methoxy groups -OCH3 is 2. The third kappa shape index (κ3) is 8.49. The normalized spacial score (nSPS) is 29.5. The van der Waals surface area contributed by atoms with Crippen molar-refractivity contribution in [3.8, 4) is 0 Å². The molecular formula is C22H40N4O8. The number of hydrogen-bond donors (Lipinski definition) is 4. The van der Waals surface area contributed by atoms with Crippen LogP contribution in [0, 0.1) is 0 Å². The first-order chi connectivity index (χ1) is 15.4. The average molecular weight is 489 g/mol. The number of aliphatic carboxylic acids is 2. The summed E-state index contributed by atoms with van der Waals surface area (Å²) in [5.74, 6) is -3.12. The van der Waals surface area contributed by atoms with Gasteiger partial charge < -0.3 is 30.3 Å². The minimum Gasteiger partial charge on any atom is -0.480 e. The van der Waals surface area contributed by atoms with Crippen LogP contribution in [0.5, 0.6) is 0 Å². The van der Waals surface area contributed by atoms with Crippen LogP contribution in [0.4, 0.5) is 0 Å². The third-order valence-electron chi connectivity index (χ3n) is 5.77. The molecule has 2 atom stereocenters. The standard InChI is InChI=1S/C22H40N4O8/c1-19(2)11-25(9-15(27)28)13-22(6,34-8)18(32)24-20(3,4)12-26(10-16(29)30)14-21(5,33-7)17(31)23-19/h9-14H2,1-8H3,(H,23,31)(H,24,32)(H,27,28)(H,29,30)/t21-,22+. The quantitative estimate of drug-likeness (QED) is 0.379. The van der Waals surface area contributed by atoms with E-state index >= 15 is 0 Å². The predicted molar refractivity (Wildman–Crippen MR) is 123 cm³/mol. The molecule has 0 aliphatic carbocycles. The van der Waals surface area contributed by atoms with Crippen LogP contribution >= 0.6 is 0 Å². The summed E-state index contributed by atoms with van der Waals surface area (Å²) in [6.07, 6.45) is 0. The van der Waals surface area contributed by atoms with E-state index in [1.54, 1.807) is 41.5 Å². The monoisotopic (exact) mass is 488 g/mol. The number of nitrogens with zero attached hydrogens (tertiary/aromatic N) is 2. The highest BCUT2D eigenvalue weighted by molar-refractivity contribution is 5.86. The lowest BCUT2D eigenvalue weighted by Crippen LogP contribution is -2.66. The molecule has 0 aromatic carbocycles. The fourth-order valence-electron chi connectivity index (χ4n) is 4.11. The van der Waals surface area contributed by atoms with Crippen LogP contribution in [-0.2, 0) is 28.7 Å². The lowest BCUT2D eigenvalue weighted by atomic mass is 9.95. The van der Waals surface area contributed by atoms with E-state index < -0.39 is 46.0 Å². The van der Waals surface area contributed by atoms with Crippen molar-refractivity contribution in [2.75, 3.05) is 53.5 Å². The van der Waals surface area contributed by atoms with E-state index in [2.05, 4.69) is 10.6 Å². The molecule has 0 unspecified atom stereocenters. The van der Waals surface area contributed by atoms with Gasteiger partial charge in [0.2, 0.25) is 0 Å². The molecule has 1 rings (SSSR count). The topological polar surface area (TPSA) is 158 Å². The maximum absolute atomic E-state index is 13.3. The fraction of sp³-hybridized carbons (Fsp3) is 0.818. The van der Waals surface area contributed by atoms with Gasteiger partial charge in [0.25, 0.3) is 11.8 Å². The van der Waals surface area contributed by atoms with Crippen molar-refractivity contribution in [2.45, 2.75) is 63.8 Å². The van der Waals surface area contributed by atoms with Crippen LogP contribution in [0.1, 0.15) is 41.5 Å². The highest BCUT2D eigenvalue weighted by Crippen LogP contribution is 2.21. The minimum atomic E-state index is -1.41. The van der Waals surface area contributed by atoms with Crippen LogP contribution < -0.4 is 10.6 Å². The second-order valence-corrected chi connectivity index (χ2v) is 10.6. The van der Waals surface area contributed by atoms with E-state index in [-0.39, 0.29) is 39.3 Å². The van der Waals surface area contributed by atoms with Gasteiger partial charge in [-0.15, -0.1) is 0 Å². The molecular weight excluding hydrogens is 448 g/mol. The summed E-state index contributed by atoms with van der Waals surface area (Å²) in [6, 6.07) is 0. The Morgan fingerprint density at radius 2 is 1.03 bits per heavy atom. The molecule has 12 nitrogen and oxygen atoms in total. The van der Waals surface area contributed by atoms with E-state index in [0.29, 0.717) is 0 Å². The first-order valence-corrected chi connectivity index (χ1v) is 11.0. The fourth-order valence-corrected chi connectivity index (χ4v) is 4.11. The molecule has 196 valence electrons. The summed E-state index contributed by atoms with van der Waals surface area (Å²) in [5, 5.41) is 24.6. The number of ether oxygens (including phenoxy) is 2. The largest absolute Gasteiger partial charge is 0.480 e. The average Bonchev–Trinajstić information content (AvgIpc) is 2.64. The second-order valence-electron chi connectivity index (χ2n) is 10.6. The maximum atomic E-state index is 13.3. The van der Waals surface area contributed by atoms with E-state index in [4.69, 9.17) is 9.47 Å². The molecule has 34 heavy (non-hydrogen) atoms. The SMILES string of the molecule is CO[C@]1(C)CN(CC(=O)O)CC(C)(C)NC(=O)[C@@](C)(OC)CN(CC(=O)O)CC(C)(C)NC1=O. The van der Waals surface area contributed by atoms with Gasteiger partial charge in [-0.2, -0.15) is 0 Å². The summed E-state index contributed by atoms with van der Waals surface area (Å²) >= 11 is 0. The Hall–Kier alpha value is -2.28. The highest BCUT2D eigenvalue weighted by atomic mass is 16.5. The highest BCUT2D eigenvalue weighted by Gasteiger charge is 2.43. The molecule has 0 radical (unpaired) electrons. The summed E-state index contributed by atoms with van der Waals surface area (Å²) < 4.78 is 11.1. The summed E-state index contributed by atoms with van der Waals surface area (Å²) in [4.78, 5) is 52.7. The molecule has 2 amide bonds. The van der Waals surface area contributed by atoms with E-state index in [1.807, 2.05) is 0 Å². The zero-order valence-electron chi connectivity index (χ0n) is 21.5. The van der Waals surface area contributed by atoms with E-state index in [9.17, 15) is 29.4 Å². The summed E-state index contributed by atoms with van der Waals surface area (Å²) in [5.41, 5.74) is -4.65. The number of carbonyl (C=O) groups excluding carboxylic acids is 2. The maximum Gasteiger partial charge on any atom is 0.317 e. The third-order valence-corrected chi connectivity index (χ3v) is 5.77. The Balaban J connectivity index is 3.53. The zero-order chi connectivity index (χ0) is 26.5. The van der Waals surface area contributed by atoms with Crippen molar-refractivity contribution < 1.29 is 38.9 Å². The summed E-state index contributed by atoms with van der Waals surface area (Å²) in [7, 11) is 2.73. The van der Waals surface area contributed by atoms with Crippen molar-refractivity contribution in [3.63, 3.8) is 0 Å². The first kappa shape index (κ1) is 29.8. The van der Waals surface area contributed by atoms with E-state index in [0.717, 1.165) is 0 Å². The van der Waals surface area contributed by atoms with Gasteiger partial charge >= 0.3 is 11.9 Å². The molecule has 1 saturated heterocycles. The van der Waals surface area contributed by atoms with Gasteiger partial charge in [-0.05, 0) is 41.5 Å². The molecule has 1 aliphatic rings. The molecule has 0 aromatic heterocycles. The smallest absolute Gasteiger partial charge is 0.317 e. The molecule has 0 bridgehead atoms. The molecule has 0 saturated carbocycles. The number of rotatable bonds is 6. The van der Waals surface area contributed by atoms with Crippen molar-refractivity contribution in [1.82, 2.24) is 20.4 Å². The van der Waals surface area contributed by atoms with Gasteiger partial charge in [-0.1, -0.05) is 0 Å². The Kier molecular flexibility index (Phi) is 9.60. The van der Waals surface area contributed by atoms with Gasteiger partial charge in [-0.25, -0.2) is 0 Å². The Labute approximate surface area is 200 Å². The Morgan fingerprint density at radius 1 is 0.735 bits per heavy atom. The summed E-state index contributed by atoms with van der Waals surface area (Å²) in [6.45, 7) is 9.35. The van der Waals surface area contributed by atoms with Crippen molar-refractivity contribution in [1.29, 1.82) is 0 Å². The number of nitrogens with one attached hydrogen (secondary N) is 2.